The molecule has 32 heavy (non-hydrogen) atoms. The van der Waals surface area contributed by atoms with Gasteiger partial charge in [0.15, 0.2) is 0 Å². The number of cyclic esters (lactones) is 1. The molecule has 0 bridgehead atoms. The highest BCUT2D eigenvalue weighted by molar-refractivity contribution is 5.95. The molecule has 2 fully saturated rings. The maximum atomic E-state index is 11.7. The van der Waals surface area contributed by atoms with Crippen LogP contribution in [0.5, 0.6) is 5.75 Å². The van der Waals surface area contributed by atoms with Gasteiger partial charge in [0.1, 0.15) is 18.5 Å². The van der Waals surface area contributed by atoms with Crippen LogP contribution in [0, 0.1) is 13.8 Å². The number of para-hydroxylation sites is 1. The number of aliphatic hydroxyl groups is 1. The van der Waals surface area contributed by atoms with E-state index in [1.807, 2.05) is 30.3 Å². The van der Waals surface area contributed by atoms with Gasteiger partial charge in [0.05, 0.1) is 6.61 Å². The Hall–Kier alpha value is -2.63. The van der Waals surface area contributed by atoms with Crippen LogP contribution in [0.4, 0.5) is 0 Å². The van der Waals surface area contributed by atoms with E-state index in [1.54, 1.807) is 0 Å². The number of hydrogen-bond donors (Lipinski definition) is 1. The quantitative estimate of drug-likeness (QED) is 0.520. The molecule has 4 rings (SSSR count). The van der Waals surface area contributed by atoms with Gasteiger partial charge in [0.25, 0.3) is 0 Å². The third-order valence-electron chi connectivity index (χ3n) is 6.61. The van der Waals surface area contributed by atoms with E-state index in [1.165, 1.54) is 16.7 Å². The number of β-amino-alcohol motifs (C(OH)–C–C–N with tert-alkyl or cyclic N) is 1. The van der Waals surface area contributed by atoms with E-state index >= 15 is 0 Å². The molecule has 2 aromatic carbocycles. The first kappa shape index (κ1) is 22.6. The smallest absolute Gasteiger partial charge is 0.334 e. The highest BCUT2D eigenvalue weighted by Gasteiger charge is 2.23. The van der Waals surface area contributed by atoms with Crippen LogP contribution in [0.15, 0.2) is 48.0 Å². The average Bonchev–Trinajstić information content (AvgIpc) is 3.20. The van der Waals surface area contributed by atoms with Gasteiger partial charge in [0.2, 0.25) is 0 Å². The van der Waals surface area contributed by atoms with Crippen LogP contribution >= 0.6 is 0 Å². The Labute approximate surface area is 190 Å². The van der Waals surface area contributed by atoms with Crippen molar-refractivity contribution in [2.45, 2.75) is 45.1 Å². The summed E-state index contributed by atoms with van der Waals surface area (Å²) in [6.45, 7) is 7.57. The van der Waals surface area contributed by atoms with Crippen molar-refractivity contribution in [3.8, 4) is 5.75 Å². The van der Waals surface area contributed by atoms with Crippen molar-refractivity contribution in [3.63, 3.8) is 0 Å². The molecule has 0 aromatic heterocycles. The third-order valence-corrected chi connectivity index (χ3v) is 6.61. The summed E-state index contributed by atoms with van der Waals surface area (Å²) in [7, 11) is 0. The van der Waals surface area contributed by atoms with Gasteiger partial charge in [-0.05, 0) is 74.5 Å². The minimum atomic E-state index is -0.565. The Morgan fingerprint density at radius 2 is 1.94 bits per heavy atom. The number of nitrogens with zero attached hydrogens (tertiary/aromatic N) is 1. The van der Waals surface area contributed by atoms with Gasteiger partial charge in [-0.3, -0.25) is 0 Å². The summed E-state index contributed by atoms with van der Waals surface area (Å²) in [6, 6.07) is 14.4. The molecule has 0 amide bonds. The molecule has 1 atom stereocenters. The molecule has 170 valence electrons. The minimum absolute atomic E-state index is 0.224. The molecule has 0 unspecified atom stereocenters. The zero-order valence-corrected chi connectivity index (χ0v) is 19.0. The number of rotatable bonds is 7. The largest absolute Gasteiger partial charge is 0.490 e. The number of aryl methyl sites for hydroxylation is 2. The Balaban J connectivity index is 1.27. The van der Waals surface area contributed by atoms with Crippen molar-refractivity contribution in [2.24, 2.45) is 0 Å². The lowest BCUT2D eigenvalue weighted by Gasteiger charge is -2.33. The standard InChI is InChI=1S/C27H33NO4/c1-19-7-8-22(15-20(19)2)21-9-12-28(13-10-21)17-25(29)18-32-26-6-4-3-5-23(26)16-24-11-14-31-27(24)30/h3-8,15-16,21,25,29H,9-14,17-18H2,1-2H3/b24-16+/t25-/m0/s1. The molecule has 0 aliphatic carbocycles. The first-order chi connectivity index (χ1) is 15.5. The number of benzene rings is 2. The zero-order valence-electron chi connectivity index (χ0n) is 19.0. The minimum Gasteiger partial charge on any atom is -0.490 e. The summed E-state index contributed by atoms with van der Waals surface area (Å²) in [5.41, 5.74) is 5.64. The normalized spacial score (nSPS) is 19.8. The molecule has 2 aromatic rings. The fourth-order valence-electron chi connectivity index (χ4n) is 4.50. The number of hydrogen-bond acceptors (Lipinski definition) is 5. The van der Waals surface area contributed by atoms with Crippen LogP contribution in [0.1, 0.15) is 47.4 Å². The van der Waals surface area contributed by atoms with Gasteiger partial charge in [-0.15, -0.1) is 0 Å². The molecule has 1 N–H and O–H groups in total. The maximum Gasteiger partial charge on any atom is 0.334 e. The first-order valence-corrected chi connectivity index (χ1v) is 11.6. The SMILES string of the molecule is Cc1ccc(C2CCN(C[C@H](O)COc3ccccc3/C=C3\CCOC3=O)CC2)cc1C. The van der Waals surface area contributed by atoms with Gasteiger partial charge in [-0.2, -0.15) is 0 Å². The topological polar surface area (TPSA) is 59.0 Å². The van der Waals surface area contributed by atoms with Crippen molar-refractivity contribution in [1.82, 2.24) is 4.90 Å². The summed E-state index contributed by atoms with van der Waals surface area (Å²) >= 11 is 0. The third kappa shape index (κ3) is 5.59. The van der Waals surface area contributed by atoms with E-state index in [0.29, 0.717) is 36.8 Å². The van der Waals surface area contributed by atoms with E-state index in [4.69, 9.17) is 9.47 Å². The fraction of sp³-hybridized carbons (Fsp3) is 0.444. The highest BCUT2D eigenvalue weighted by atomic mass is 16.5. The van der Waals surface area contributed by atoms with Crippen molar-refractivity contribution in [3.05, 3.63) is 70.3 Å². The summed E-state index contributed by atoms with van der Waals surface area (Å²) in [6.07, 6.45) is 4.11. The van der Waals surface area contributed by atoms with E-state index in [-0.39, 0.29) is 12.6 Å². The Kier molecular flexibility index (Phi) is 7.28. The van der Waals surface area contributed by atoms with E-state index < -0.39 is 6.10 Å². The first-order valence-electron chi connectivity index (χ1n) is 11.6. The molecule has 5 nitrogen and oxygen atoms in total. The number of likely N-dealkylation sites (tertiary alicyclic amines) is 1. The van der Waals surface area contributed by atoms with E-state index in [9.17, 15) is 9.90 Å². The van der Waals surface area contributed by atoms with Crippen LogP contribution in [0.25, 0.3) is 6.08 Å². The molecule has 2 aliphatic heterocycles. The number of carbonyl (C=O) groups is 1. The summed E-state index contributed by atoms with van der Waals surface area (Å²) in [4.78, 5) is 14.1. The number of piperidine rings is 1. The average molecular weight is 436 g/mol. The maximum absolute atomic E-state index is 11.7. The van der Waals surface area contributed by atoms with Gasteiger partial charge < -0.3 is 19.5 Å². The molecular weight excluding hydrogens is 402 g/mol. The highest BCUT2D eigenvalue weighted by Crippen LogP contribution is 2.29. The number of aliphatic hydroxyl groups excluding tert-OH is 1. The number of carbonyl (C=O) groups excluding carboxylic acids is 1. The molecule has 2 heterocycles. The summed E-state index contributed by atoms with van der Waals surface area (Å²) in [5.74, 6) is 1.01. The van der Waals surface area contributed by atoms with Gasteiger partial charge >= 0.3 is 5.97 Å². The Morgan fingerprint density at radius 1 is 1.16 bits per heavy atom. The predicted octanol–water partition coefficient (Wildman–Crippen LogP) is 4.25. The second kappa shape index (κ2) is 10.3. The summed E-state index contributed by atoms with van der Waals surface area (Å²) < 4.78 is 10.9. The number of ether oxygens (including phenoxy) is 2. The van der Waals surface area contributed by atoms with E-state index in [2.05, 4.69) is 36.9 Å². The van der Waals surface area contributed by atoms with Crippen molar-refractivity contribution in [1.29, 1.82) is 0 Å². The van der Waals surface area contributed by atoms with Crippen LogP contribution < -0.4 is 4.74 Å². The predicted molar refractivity (Wildman–Crippen MR) is 126 cm³/mol. The summed E-state index contributed by atoms with van der Waals surface area (Å²) in [5, 5.41) is 10.6. The Morgan fingerprint density at radius 3 is 2.66 bits per heavy atom. The lowest BCUT2D eigenvalue weighted by Crippen LogP contribution is -2.40. The van der Waals surface area contributed by atoms with E-state index in [0.717, 1.165) is 31.5 Å². The van der Waals surface area contributed by atoms with Crippen LogP contribution in [-0.4, -0.2) is 54.9 Å². The molecule has 0 spiro atoms. The second-order valence-electron chi connectivity index (χ2n) is 8.98. The lowest BCUT2D eigenvalue weighted by atomic mass is 9.88. The van der Waals surface area contributed by atoms with Crippen molar-refractivity contribution in [2.75, 3.05) is 32.8 Å². The van der Waals surface area contributed by atoms with Crippen LogP contribution in [0.3, 0.4) is 0 Å². The van der Waals surface area contributed by atoms with Gasteiger partial charge in [-0.25, -0.2) is 4.79 Å². The van der Waals surface area contributed by atoms with Crippen LogP contribution in [0.2, 0.25) is 0 Å². The van der Waals surface area contributed by atoms with Crippen molar-refractivity contribution < 1.29 is 19.4 Å². The molecule has 5 heteroatoms. The van der Waals surface area contributed by atoms with Gasteiger partial charge in [0, 0.05) is 24.1 Å². The van der Waals surface area contributed by atoms with Crippen molar-refractivity contribution >= 4 is 12.0 Å². The molecular formula is C27H33NO4. The van der Waals surface area contributed by atoms with Gasteiger partial charge in [-0.1, -0.05) is 36.4 Å². The lowest BCUT2D eigenvalue weighted by molar-refractivity contribution is -0.134. The Bertz CT molecular complexity index is 975. The fourth-order valence-corrected chi connectivity index (χ4v) is 4.50. The second-order valence-corrected chi connectivity index (χ2v) is 8.98. The number of esters is 1. The zero-order chi connectivity index (χ0) is 22.5. The molecule has 2 saturated heterocycles. The molecule has 0 saturated carbocycles. The molecule has 2 aliphatic rings. The van der Waals surface area contributed by atoms with Crippen LogP contribution in [-0.2, 0) is 9.53 Å². The molecule has 0 radical (unpaired) electrons. The monoisotopic (exact) mass is 435 g/mol.